The minimum absolute atomic E-state index is 0.00827. The van der Waals surface area contributed by atoms with Crippen LogP contribution in [0.3, 0.4) is 0 Å². The molecule has 2 aromatic rings. The number of rotatable bonds is 2. The molecule has 0 unspecified atom stereocenters. The van der Waals surface area contributed by atoms with E-state index in [9.17, 15) is 4.79 Å². The number of benzene rings is 2. The molecule has 1 aliphatic rings. The molecule has 102 valence electrons. The largest absolute Gasteiger partial charge is 0.322 e. The van der Waals surface area contributed by atoms with Gasteiger partial charge in [-0.05, 0) is 67.1 Å². The van der Waals surface area contributed by atoms with Gasteiger partial charge in [-0.2, -0.15) is 0 Å². The number of fused-ring (bicyclic) bond motifs is 1. The van der Waals surface area contributed by atoms with E-state index in [2.05, 4.69) is 27.3 Å². The fourth-order valence-corrected chi connectivity index (χ4v) is 2.99. The third-order valence-electron chi connectivity index (χ3n) is 3.74. The lowest BCUT2D eigenvalue weighted by Gasteiger charge is -2.18. The summed E-state index contributed by atoms with van der Waals surface area (Å²) in [6.45, 7) is 0. The third kappa shape index (κ3) is 2.78. The number of aryl methyl sites for hydroxylation is 1. The van der Waals surface area contributed by atoms with Crippen molar-refractivity contribution in [3.8, 4) is 0 Å². The molecule has 0 bridgehead atoms. The lowest BCUT2D eigenvalue weighted by molar-refractivity contribution is 0.102. The summed E-state index contributed by atoms with van der Waals surface area (Å²) in [6, 6.07) is 13.7. The first-order valence-electron chi connectivity index (χ1n) is 6.92. The van der Waals surface area contributed by atoms with Crippen molar-refractivity contribution in [3.05, 3.63) is 63.6 Å². The Morgan fingerprint density at radius 3 is 2.55 bits per heavy atom. The van der Waals surface area contributed by atoms with Crippen molar-refractivity contribution in [2.45, 2.75) is 25.7 Å². The van der Waals surface area contributed by atoms with E-state index in [1.54, 1.807) is 0 Å². The molecule has 0 atom stereocenters. The second kappa shape index (κ2) is 5.80. The SMILES string of the molecule is O=C(Nc1ccc(Br)cc1)c1cccc2c1CCCC2. The zero-order valence-electron chi connectivity index (χ0n) is 11.2. The molecule has 20 heavy (non-hydrogen) atoms. The molecule has 0 aliphatic heterocycles. The molecule has 0 fully saturated rings. The van der Waals surface area contributed by atoms with E-state index in [0.29, 0.717) is 0 Å². The van der Waals surface area contributed by atoms with Crippen LogP contribution in [0.15, 0.2) is 46.9 Å². The first-order chi connectivity index (χ1) is 9.74. The number of carbonyl (C=O) groups excluding carboxylic acids is 1. The molecular formula is C17H16BrNO. The highest BCUT2D eigenvalue weighted by atomic mass is 79.9. The van der Waals surface area contributed by atoms with Crippen LogP contribution in [-0.2, 0) is 12.8 Å². The van der Waals surface area contributed by atoms with E-state index in [-0.39, 0.29) is 5.91 Å². The highest BCUT2D eigenvalue weighted by molar-refractivity contribution is 9.10. The van der Waals surface area contributed by atoms with Crippen LogP contribution < -0.4 is 5.32 Å². The van der Waals surface area contributed by atoms with Crippen LogP contribution >= 0.6 is 15.9 Å². The van der Waals surface area contributed by atoms with E-state index >= 15 is 0 Å². The van der Waals surface area contributed by atoms with Gasteiger partial charge in [-0.15, -0.1) is 0 Å². The maximum atomic E-state index is 12.4. The Balaban J connectivity index is 1.85. The second-order valence-electron chi connectivity index (χ2n) is 5.11. The molecule has 0 heterocycles. The van der Waals surface area contributed by atoms with E-state index in [0.717, 1.165) is 28.6 Å². The summed E-state index contributed by atoms with van der Waals surface area (Å²) in [5.74, 6) is -0.00827. The summed E-state index contributed by atoms with van der Waals surface area (Å²) < 4.78 is 1.01. The van der Waals surface area contributed by atoms with Gasteiger partial charge in [0.1, 0.15) is 0 Å². The highest BCUT2D eigenvalue weighted by Crippen LogP contribution is 2.25. The van der Waals surface area contributed by atoms with E-state index < -0.39 is 0 Å². The van der Waals surface area contributed by atoms with Crippen LogP contribution in [0.5, 0.6) is 0 Å². The summed E-state index contributed by atoms with van der Waals surface area (Å²) in [5, 5.41) is 2.98. The van der Waals surface area contributed by atoms with Crippen molar-refractivity contribution in [2.24, 2.45) is 0 Å². The van der Waals surface area contributed by atoms with Gasteiger partial charge >= 0.3 is 0 Å². The lowest BCUT2D eigenvalue weighted by Crippen LogP contribution is -2.17. The number of hydrogen-bond donors (Lipinski definition) is 1. The molecule has 0 radical (unpaired) electrons. The zero-order chi connectivity index (χ0) is 13.9. The summed E-state index contributed by atoms with van der Waals surface area (Å²) in [7, 11) is 0. The normalized spacial score (nSPS) is 13.7. The first kappa shape index (κ1) is 13.4. The summed E-state index contributed by atoms with van der Waals surface area (Å²) in [4.78, 5) is 12.4. The minimum Gasteiger partial charge on any atom is -0.322 e. The molecular weight excluding hydrogens is 314 g/mol. The first-order valence-corrected chi connectivity index (χ1v) is 7.71. The van der Waals surface area contributed by atoms with Crippen LogP contribution in [0, 0.1) is 0 Å². The Labute approximate surface area is 127 Å². The number of anilines is 1. The fourth-order valence-electron chi connectivity index (χ4n) is 2.73. The maximum absolute atomic E-state index is 12.4. The van der Waals surface area contributed by atoms with E-state index in [4.69, 9.17) is 0 Å². The summed E-state index contributed by atoms with van der Waals surface area (Å²) in [5.41, 5.74) is 4.21. The summed E-state index contributed by atoms with van der Waals surface area (Å²) >= 11 is 3.39. The van der Waals surface area contributed by atoms with Crippen LogP contribution in [0.2, 0.25) is 0 Å². The number of halogens is 1. The molecule has 2 aromatic carbocycles. The summed E-state index contributed by atoms with van der Waals surface area (Å²) in [6.07, 6.45) is 4.51. The van der Waals surface area contributed by atoms with Crippen LogP contribution in [-0.4, -0.2) is 5.91 Å². The van der Waals surface area contributed by atoms with Gasteiger partial charge in [-0.1, -0.05) is 28.1 Å². The topological polar surface area (TPSA) is 29.1 Å². The maximum Gasteiger partial charge on any atom is 0.255 e. The van der Waals surface area contributed by atoms with Crippen molar-refractivity contribution in [1.29, 1.82) is 0 Å². The Morgan fingerprint density at radius 2 is 1.75 bits per heavy atom. The molecule has 0 saturated heterocycles. The molecule has 0 aromatic heterocycles. The monoisotopic (exact) mass is 329 g/mol. The predicted molar refractivity (Wildman–Crippen MR) is 85.2 cm³/mol. The minimum atomic E-state index is -0.00827. The van der Waals surface area contributed by atoms with Crippen molar-refractivity contribution < 1.29 is 4.79 Å². The number of amides is 1. The molecule has 1 aliphatic carbocycles. The van der Waals surface area contributed by atoms with Gasteiger partial charge in [-0.3, -0.25) is 4.79 Å². The van der Waals surface area contributed by atoms with Crippen LogP contribution in [0.1, 0.15) is 34.3 Å². The van der Waals surface area contributed by atoms with Gasteiger partial charge < -0.3 is 5.32 Å². The second-order valence-corrected chi connectivity index (χ2v) is 6.03. The number of carbonyl (C=O) groups is 1. The average Bonchev–Trinajstić information content (AvgIpc) is 2.49. The van der Waals surface area contributed by atoms with Crippen LogP contribution in [0.4, 0.5) is 5.69 Å². The smallest absolute Gasteiger partial charge is 0.255 e. The Hall–Kier alpha value is -1.61. The van der Waals surface area contributed by atoms with Crippen molar-refractivity contribution >= 4 is 27.5 Å². The molecule has 2 nitrogen and oxygen atoms in total. The molecule has 3 rings (SSSR count). The van der Waals surface area contributed by atoms with Gasteiger partial charge in [0.05, 0.1) is 0 Å². The Kier molecular flexibility index (Phi) is 3.88. The standard InChI is InChI=1S/C17H16BrNO/c18-13-8-10-14(11-9-13)19-17(20)16-7-3-5-12-4-1-2-6-15(12)16/h3,5,7-11H,1-2,4,6H2,(H,19,20). The number of hydrogen-bond acceptors (Lipinski definition) is 1. The van der Waals surface area contributed by atoms with Crippen molar-refractivity contribution in [2.75, 3.05) is 5.32 Å². The molecule has 3 heteroatoms. The molecule has 1 N–H and O–H groups in total. The van der Waals surface area contributed by atoms with Gasteiger partial charge in [0.2, 0.25) is 0 Å². The quantitative estimate of drug-likeness (QED) is 0.858. The van der Waals surface area contributed by atoms with E-state index in [1.807, 2.05) is 36.4 Å². The average molecular weight is 330 g/mol. The molecule has 0 saturated carbocycles. The Morgan fingerprint density at radius 1 is 1.00 bits per heavy atom. The van der Waals surface area contributed by atoms with Crippen molar-refractivity contribution in [1.82, 2.24) is 0 Å². The van der Waals surface area contributed by atoms with Gasteiger partial charge in [0, 0.05) is 15.7 Å². The molecule has 1 amide bonds. The van der Waals surface area contributed by atoms with Gasteiger partial charge in [0.15, 0.2) is 0 Å². The van der Waals surface area contributed by atoms with Gasteiger partial charge in [-0.25, -0.2) is 0 Å². The molecule has 0 spiro atoms. The third-order valence-corrected chi connectivity index (χ3v) is 4.27. The number of nitrogens with one attached hydrogen (secondary N) is 1. The lowest BCUT2D eigenvalue weighted by atomic mass is 9.88. The fraction of sp³-hybridized carbons (Fsp3) is 0.235. The van der Waals surface area contributed by atoms with Crippen LogP contribution in [0.25, 0.3) is 0 Å². The van der Waals surface area contributed by atoms with Gasteiger partial charge in [0.25, 0.3) is 5.91 Å². The van der Waals surface area contributed by atoms with Crippen molar-refractivity contribution in [3.63, 3.8) is 0 Å². The predicted octanol–water partition coefficient (Wildman–Crippen LogP) is 4.58. The Bertz CT molecular complexity index is 634. The highest BCUT2D eigenvalue weighted by Gasteiger charge is 2.17. The van der Waals surface area contributed by atoms with E-state index in [1.165, 1.54) is 24.0 Å². The zero-order valence-corrected chi connectivity index (χ0v) is 12.7.